The first-order chi connectivity index (χ1) is 15.8. The molecule has 1 atom stereocenters. The molecule has 6 heteroatoms. The fourth-order valence-electron chi connectivity index (χ4n) is 5.54. The van der Waals surface area contributed by atoms with Gasteiger partial charge in [-0.1, -0.05) is 24.6 Å². The van der Waals surface area contributed by atoms with Crippen LogP contribution < -0.4 is 5.73 Å². The lowest BCUT2D eigenvalue weighted by Crippen LogP contribution is -2.44. The van der Waals surface area contributed by atoms with Gasteiger partial charge in [0.2, 0.25) is 5.91 Å². The van der Waals surface area contributed by atoms with Crippen LogP contribution in [-0.4, -0.2) is 53.0 Å². The van der Waals surface area contributed by atoms with Gasteiger partial charge in [-0.2, -0.15) is 0 Å². The van der Waals surface area contributed by atoms with E-state index in [4.69, 9.17) is 5.73 Å². The van der Waals surface area contributed by atoms with Gasteiger partial charge in [-0.25, -0.2) is 4.79 Å². The topological polar surface area (TPSA) is 86.9 Å². The fourth-order valence-corrected chi connectivity index (χ4v) is 5.54. The highest BCUT2D eigenvalue weighted by molar-refractivity contribution is 5.76. The van der Waals surface area contributed by atoms with Crippen LogP contribution in [0.5, 0.6) is 5.75 Å². The molecule has 0 bridgehead atoms. The molecule has 1 unspecified atom stereocenters. The van der Waals surface area contributed by atoms with Gasteiger partial charge in [-0.05, 0) is 93.4 Å². The number of hydrogen-bond donors (Lipinski definition) is 2. The van der Waals surface area contributed by atoms with Gasteiger partial charge in [0.25, 0.3) is 0 Å². The zero-order valence-electron chi connectivity index (χ0n) is 20.6. The number of allylic oxidation sites excluding steroid dienone is 2. The van der Waals surface area contributed by atoms with Crippen LogP contribution in [0.2, 0.25) is 0 Å². The number of nitrogens with zero attached hydrogens (tertiary/aromatic N) is 2. The molecule has 0 radical (unpaired) electrons. The van der Waals surface area contributed by atoms with E-state index in [1.54, 1.807) is 4.90 Å². The molecule has 182 valence electrons. The standard InChI is InChI=1S/C27H41N3O3/c1-4-19(3)16-25(24-7-6-23(31)18-21(24)5-2)22-10-14-29(15-11-22)26(32)17-20-8-12-30(13-9-20)27(28)33/h4,6-7,18,20,22,25,31H,5,8-17H2,1-3H3,(H2,28,33)/b19-4-. The molecule has 6 nitrogen and oxygen atoms in total. The Morgan fingerprint density at radius 3 is 2.33 bits per heavy atom. The normalized spacial score (nSPS) is 19.5. The number of aryl methyl sites for hydroxylation is 1. The van der Waals surface area contributed by atoms with E-state index in [1.807, 2.05) is 17.0 Å². The number of hydrogen-bond acceptors (Lipinski definition) is 3. The van der Waals surface area contributed by atoms with Crippen molar-refractivity contribution in [1.82, 2.24) is 9.80 Å². The molecule has 0 spiro atoms. The molecule has 3 rings (SSSR count). The summed E-state index contributed by atoms with van der Waals surface area (Å²) < 4.78 is 0. The molecule has 2 aliphatic heterocycles. The van der Waals surface area contributed by atoms with E-state index in [9.17, 15) is 14.7 Å². The summed E-state index contributed by atoms with van der Waals surface area (Å²) in [4.78, 5) is 28.0. The maximum absolute atomic E-state index is 13.0. The van der Waals surface area contributed by atoms with E-state index in [1.165, 1.54) is 16.7 Å². The summed E-state index contributed by atoms with van der Waals surface area (Å²) in [5, 5.41) is 9.98. The minimum Gasteiger partial charge on any atom is -0.508 e. The van der Waals surface area contributed by atoms with E-state index in [2.05, 4.69) is 32.9 Å². The highest BCUT2D eigenvalue weighted by Gasteiger charge is 2.32. The lowest BCUT2D eigenvalue weighted by molar-refractivity contribution is -0.134. The predicted octanol–water partition coefficient (Wildman–Crippen LogP) is 4.81. The molecule has 1 aromatic carbocycles. The highest BCUT2D eigenvalue weighted by atomic mass is 16.3. The Morgan fingerprint density at radius 1 is 1.12 bits per heavy atom. The summed E-state index contributed by atoms with van der Waals surface area (Å²) in [6.07, 6.45) is 8.44. The first kappa shape index (κ1) is 25.1. The number of rotatable bonds is 7. The first-order valence-corrected chi connectivity index (χ1v) is 12.6. The zero-order valence-corrected chi connectivity index (χ0v) is 20.6. The summed E-state index contributed by atoms with van der Waals surface area (Å²) in [7, 11) is 0. The van der Waals surface area contributed by atoms with Crippen LogP contribution in [0.25, 0.3) is 0 Å². The molecule has 2 fully saturated rings. The van der Waals surface area contributed by atoms with Gasteiger partial charge >= 0.3 is 6.03 Å². The number of phenols is 1. The van der Waals surface area contributed by atoms with Crippen molar-refractivity contribution in [3.05, 3.63) is 41.0 Å². The number of phenolic OH excluding ortho intramolecular Hbond substituents is 1. The largest absolute Gasteiger partial charge is 0.508 e. The van der Waals surface area contributed by atoms with Gasteiger partial charge in [0, 0.05) is 32.6 Å². The Kier molecular flexibility index (Phi) is 8.81. The van der Waals surface area contributed by atoms with Crippen molar-refractivity contribution in [3.8, 4) is 5.75 Å². The third-order valence-electron chi connectivity index (χ3n) is 7.79. The molecule has 2 aliphatic rings. The first-order valence-electron chi connectivity index (χ1n) is 12.6. The van der Waals surface area contributed by atoms with Crippen molar-refractivity contribution in [1.29, 1.82) is 0 Å². The number of primary amides is 1. The molecule has 33 heavy (non-hydrogen) atoms. The molecule has 0 saturated carbocycles. The third kappa shape index (κ3) is 6.52. The molecule has 3 N–H and O–H groups in total. The molecular weight excluding hydrogens is 414 g/mol. The minimum atomic E-state index is -0.357. The van der Waals surface area contributed by atoms with E-state index in [0.717, 1.165) is 51.6 Å². The smallest absolute Gasteiger partial charge is 0.314 e. The van der Waals surface area contributed by atoms with Crippen LogP contribution in [-0.2, 0) is 11.2 Å². The van der Waals surface area contributed by atoms with E-state index in [-0.39, 0.29) is 11.9 Å². The lowest BCUT2D eigenvalue weighted by atomic mass is 9.75. The van der Waals surface area contributed by atoms with Crippen LogP contribution in [0.3, 0.4) is 0 Å². The van der Waals surface area contributed by atoms with Crippen molar-refractivity contribution in [2.24, 2.45) is 17.6 Å². The van der Waals surface area contributed by atoms with Crippen molar-refractivity contribution < 1.29 is 14.7 Å². The van der Waals surface area contributed by atoms with Crippen molar-refractivity contribution >= 4 is 11.9 Å². The van der Waals surface area contributed by atoms with Crippen molar-refractivity contribution in [2.45, 2.75) is 71.6 Å². The summed E-state index contributed by atoms with van der Waals surface area (Å²) in [6, 6.07) is 5.48. The van der Waals surface area contributed by atoms with Crippen LogP contribution >= 0.6 is 0 Å². The summed E-state index contributed by atoms with van der Waals surface area (Å²) in [5.74, 6) is 1.87. The maximum Gasteiger partial charge on any atom is 0.314 e. The van der Waals surface area contributed by atoms with E-state index >= 15 is 0 Å². The number of benzene rings is 1. The summed E-state index contributed by atoms with van der Waals surface area (Å²) in [6.45, 7) is 9.39. The Labute approximate surface area is 198 Å². The quantitative estimate of drug-likeness (QED) is 0.578. The van der Waals surface area contributed by atoms with Crippen LogP contribution in [0.4, 0.5) is 4.79 Å². The van der Waals surface area contributed by atoms with Gasteiger partial charge in [0.15, 0.2) is 0 Å². The maximum atomic E-state index is 13.0. The monoisotopic (exact) mass is 455 g/mol. The highest BCUT2D eigenvalue weighted by Crippen LogP contribution is 2.40. The Morgan fingerprint density at radius 2 is 1.76 bits per heavy atom. The van der Waals surface area contributed by atoms with Crippen LogP contribution in [0.15, 0.2) is 29.8 Å². The van der Waals surface area contributed by atoms with E-state index in [0.29, 0.717) is 43.0 Å². The Balaban J connectivity index is 1.61. The number of carbonyl (C=O) groups excluding carboxylic acids is 2. The number of carbonyl (C=O) groups is 2. The molecule has 0 aliphatic carbocycles. The number of likely N-dealkylation sites (tertiary alicyclic amines) is 2. The molecule has 0 aromatic heterocycles. The van der Waals surface area contributed by atoms with Gasteiger partial charge in [-0.3, -0.25) is 4.79 Å². The minimum absolute atomic E-state index is 0.256. The molecule has 1 aromatic rings. The van der Waals surface area contributed by atoms with Gasteiger partial charge < -0.3 is 20.6 Å². The van der Waals surface area contributed by atoms with Gasteiger partial charge in [0.1, 0.15) is 5.75 Å². The third-order valence-corrected chi connectivity index (χ3v) is 7.79. The van der Waals surface area contributed by atoms with Crippen molar-refractivity contribution in [2.75, 3.05) is 26.2 Å². The predicted molar refractivity (Wildman–Crippen MR) is 132 cm³/mol. The fraction of sp³-hybridized carbons (Fsp3) is 0.630. The van der Waals surface area contributed by atoms with Crippen molar-refractivity contribution in [3.63, 3.8) is 0 Å². The average molecular weight is 456 g/mol. The van der Waals surface area contributed by atoms with Crippen LogP contribution in [0.1, 0.15) is 76.3 Å². The lowest BCUT2D eigenvalue weighted by Gasteiger charge is -2.38. The molecule has 3 amide bonds. The van der Waals surface area contributed by atoms with Gasteiger partial charge in [0.05, 0.1) is 0 Å². The molecule has 2 heterocycles. The summed E-state index contributed by atoms with van der Waals surface area (Å²) >= 11 is 0. The number of amides is 3. The number of nitrogens with two attached hydrogens (primary N) is 1. The number of urea groups is 1. The Bertz CT molecular complexity index is 850. The number of piperidine rings is 2. The second kappa shape index (κ2) is 11.6. The second-order valence-electron chi connectivity index (χ2n) is 9.87. The SMILES string of the molecule is C/C=C(/C)CC(c1ccc(O)cc1CC)C1CCN(C(=O)CC2CCN(C(N)=O)CC2)CC1. The molecular formula is C27H41N3O3. The van der Waals surface area contributed by atoms with Gasteiger partial charge in [-0.15, -0.1) is 0 Å². The number of aromatic hydroxyl groups is 1. The Hall–Kier alpha value is -2.50. The summed E-state index contributed by atoms with van der Waals surface area (Å²) in [5.41, 5.74) is 9.33. The van der Waals surface area contributed by atoms with Crippen LogP contribution in [0, 0.1) is 11.8 Å². The van der Waals surface area contributed by atoms with E-state index < -0.39 is 0 Å². The zero-order chi connectivity index (χ0) is 24.0. The second-order valence-corrected chi connectivity index (χ2v) is 9.87. The molecule has 2 saturated heterocycles. The average Bonchev–Trinajstić information content (AvgIpc) is 2.83.